The molecule has 0 radical (unpaired) electrons. The molecule has 0 saturated carbocycles. The molecule has 24 heavy (non-hydrogen) atoms. The maximum absolute atomic E-state index is 14.3. The molecule has 1 fully saturated rings. The van der Waals surface area contributed by atoms with Crippen molar-refractivity contribution in [2.45, 2.75) is 0 Å². The number of fused-ring (bicyclic) bond motifs is 1. The van der Waals surface area contributed by atoms with Crippen LogP contribution in [0.15, 0.2) is 18.3 Å². The van der Waals surface area contributed by atoms with Crippen LogP contribution >= 0.6 is 0 Å². The zero-order valence-electron chi connectivity index (χ0n) is 13.1. The third-order valence-corrected chi connectivity index (χ3v) is 4.10. The molecular weight excluding hydrogens is 315 g/mol. The average molecular weight is 332 g/mol. The Morgan fingerprint density at radius 3 is 2.54 bits per heavy atom. The summed E-state index contributed by atoms with van der Waals surface area (Å²) in [7, 11) is 1.46. The number of hydrogen-bond donors (Lipinski definition) is 3. The fraction of sp³-hybridized carbons (Fsp3) is 0.312. The predicted octanol–water partition coefficient (Wildman–Crippen LogP) is 0.281. The molecule has 2 aromatic rings. The number of ketones is 1. The van der Waals surface area contributed by atoms with Crippen molar-refractivity contribution in [1.82, 2.24) is 20.5 Å². The summed E-state index contributed by atoms with van der Waals surface area (Å²) < 4.78 is 14.3. The number of amides is 2. The van der Waals surface area contributed by atoms with Gasteiger partial charge in [-0.3, -0.25) is 14.4 Å². The van der Waals surface area contributed by atoms with Gasteiger partial charge in [0.15, 0.2) is 0 Å². The number of hydrogen-bond acceptors (Lipinski definition) is 4. The third kappa shape index (κ3) is 2.65. The minimum atomic E-state index is -0.781. The van der Waals surface area contributed by atoms with E-state index >= 15 is 0 Å². The van der Waals surface area contributed by atoms with Gasteiger partial charge in [-0.05, 0) is 12.1 Å². The van der Waals surface area contributed by atoms with Crippen LogP contribution in [-0.4, -0.2) is 60.7 Å². The predicted molar refractivity (Wildman–Crippen MR) is 85.4 cm³/mol. The van der Waals surface area contributed by atoms with Crippen LogP contribution in [0.3, 0.4) is 0 Å². The molecule has 0 aliphatic carbocycles. The van der Waals surface area contributed by atoms with Gasteiger partial charge < -0.3 is 20.5 Å². The van der Waals surface area contributed by atoms with Crippen molar-refractivity contribution in [1.29, 1.82) is 0 Å². The Bertz CT molecular complexity index is 824. The Balaban J connectivity index is 2.02. The number of nitrogens with one attached hydrogen (secondary N) is 3. The van der Waals surface area contributed by atoms with Crippen LogP contribution in [0.4, 0.5) is 4.39 Å². The SMILES string of the molecule is CNC(=O)c1ccc(F)c2c(C(=O)C(=O)N3CCNCC3)c[nH]c12. The zero-order chi connectivity index (χ0) is 17.3. The Morgan fingerprint density at radius 2 is 1.88 bits per heavy atom. The summed E-state index contributed by atoms with van der Waals surface area (Å²) in [5.41, 5.74) is 0.352. The molecule has 1 aliphatic heterocycles. The van der Waals surface area contributed by atoms with Gasteiger partial charge in [-0.2, -0.15) is 0 Å². The van der Waals surface area contributed by atoms with Gasteiger partial charge in [0, 0.05) is 44.8 Å². The quantitative estimate of drug-likeness (QED) is 0.556. The van der Waals surface area contributed by atoms with Crippen molar-refractivity contribution in [3.8, 4) is 0 Å². The molecule has 2 amide bonds. The average Bonchev–Trinajstić information content (AvgIpc) is 3.07. The first-order chi connectivity index (χ1) is 11.5. The Hall–Kier alpha value is -2.74. The number of rotatable bonds is 3. The summed E-state index contributed by atoms with van der Waals surface area (Å²) in [6.45, 7) is 2.09. The number of Topliss-reactive ketones (excluding diaryl/α,β-unsaturated/α-hetero) is 1. The number of carbonyl (C=O) groups excluding carboxylic acids is 3. The van der Waals surface area contributed by atoms with E-state index in [4.69, 9.17) is 0 Å². The van der Waals surface area contributed by atoms with Crippen LogP contribution in [-0.2, 0) is 4.79 Å². The summed E-state index contributed by atoms with van der Waals surface area (Å²) in [6, 6.07) is 2.45. The molecule has 1 aromatic carbocycles. The van der Waals surface area contributed by atoms with E-state index in [1.54, 1.807) is 0 Å². The van der Waals surface area contributed by atoms with Crippen LogP contribution in [0.25, 0.3) is 10.9 Å². The Kier molecular flexibility index (Phi) is 4.30. The van der Waals surface area contributed by atoms with Gasteiger partial charge >= 0.3 is 0 Å². The first-order valence-electron chi connectivity index (χ1n) is 7.60. The van der Waals surface area contributed by atoms with Gasteiger partial charge in [-0.15, -0.1) is 0 Å². The molecule has 1 saturated heterocycles. The van der Waals surface area contributed by atoms with E-state index in [-0.39, 0.29) is 22.0 Å². The Labute approximate surface area is 137 Å². The molecule has 0 spiro atoms. The topological polar surface area (TPSA) is 94.3 Å². The van der Waals surface area contributed by atoms with E-state index < -0.39 is 23.4 Å². The van der Waals surface area contributed by atoms with Crippen molar-refractivity contribution in [3.63, 3.8) is 0 Å². The molecule has 0 atom stereocenters. The van der Waals surface area contributed by atoms with Crippen LogP contribution in [0, 0.1) is 5.82 Å². The molecule has 7 nitrogen and oxygen atoms in total. The lowest BCUT2D eigenvalue weighted by molar-refractivity contribution is -0.126. The molecule has 1 aromatic heterocycles. The minimum Gasteiger partial charge on any atom is -0.360 e. The van der Waals surface area contributed by atoms with E-state index in [1.165, 1.54) is 24.2 Å². The lowest BCUT2D eigenvalue weighted by Crippen LogP contribution is -2.48. The molecule has 2 heterocycles. The smallest absolute Gasteiger partial charge is 0.295 e. The maximum Gasteiger partial charge on any atom is 0.295 e. The largest absolute Gasteiger partial charge is 0.360 e. The van der Waals surface area contributed by atoms with Crippen molar-refractivity contribution in [2.24, 2.45) is 0 Å². The maximum atomic E-state index is 14.3. The lowest BCUT2D eigenvalue weighted by atomic mass is 10.0. The second kappa shape index (κ2) is 6.40. The van der Waals surface area contributed by atoms with Crippen LogP contribution in [0.2, 0.25) is 0 Å². The van der Waals surface area contributed by atoms with Crippen molar-refractivity contribution < 1.29 is 18.8 Å². The third-order valence-electron chi connectivity index (χ3n) is 4.10. The van der Waals surface area contributed by atoms with Crippen LogP contribution < -0.4 is 10.6 Å². The monoisotopic (exact) mass is 332 g/mol. The van der Waals surface area contributed by atoms with E-state index in [1.807, 2.05) is 0 Å². The number of carbonyl (C=O) groups is 3. The number of aromatic nitrogens is 1. The van der Waals surface area contributed by atoms with Gasteiger partial charge in [0.25, 0.3) is 17.6 Å². The molecule has 0 bridgehead atoms. The number of H-pyrrole nitrogens is 1. The van der Waals surface area contributed by atoms with Gasteiger partial charge in [-0.1, -0.05) is 0 Å². The second-order valence-corrected chi connectivity index (χ2v) is 5.50. The molecule has 1 aliphatic rings. The first kappa shape index (κ1) is 16.1. The van der Waals surface area contributed by atoms with E-state index in [9.17, 15) is 18.8 Å². The van der Waals surface area contributed by atoms with Gasteiger partial charge in [0.2, 0.25) is 0 Å². The van der Waals surface area contributed by atoms with E-state index in [0.29, 0.717) is 26.2 Å². The molecular formula is C16H17FN4O3. The number of piperazine rings is 1. The molecule has 3 rings (SSSR count). The van der Waals surface area contributed by atoms with Gasteiger partial charge in [0.05, 0.1) is 16.6 Å². The molecule has 0 unspecified atom stereocenters. The zero-order valence-corrected chi connectivity index (χ0v) is 13.1. The summed E-state index contributed by atoms with van der Waals surface area (Å²) in [5, 5.41) is 5.51. The van der Waals surface area contributed by atoms with Gasteiger partial charge in [0.1, 0.15) is 5.82 Å². The fourth-order valence-electron chi connectivity index (χ4n) is 2.84. The number of halogens is 1. The number of benzene rings is 1. The van der Waals surface area contributed by atoms with E-state index in [2.05, 4.69) is 15.6 Å². The van der Waals surface area contributed by atoms with Crippen LogP contribution in [0.5, 0.6) is 0 Å². The van der Waals surface area contributed by atoms with Crippen LogP contribution in [0.1, 0.15) is 20.7 Å². The molecule has 8 heteroatoms. The van der Waals surface area contributed by atoms with E-state index in [0.717, 1.165) is 6.07 Å². The molecule has 3 N–H and O–H groups in total. The fourth-order valence-corrected chi connectivity index (χ4v) is 2.84. The highest BCUT2D eigenvalue weighted by molar-refractivity contribution is 6.45. The standard InChI is InChI=1S/C16H17FN4O3/c1-18-15(23)9-2-3-11(17)12-10(8-20-13(9)12)14(22)16(24)21-6-4-19-5-7-21/h2-3,8,19-20H,4-7H2,1H3,(H,18,23). The van der Waals surface area contributed by atoms with Crippen molar-refractivity contribution in [3.05, 3.63) is 35.3 Å². The molecule has 126 valence electrons. The first-order valence-corrected chi connectivity index (χ1v) is 7.60. The lowest BCUT2D eigenvalue weighted by Gasteiger charge is -2.26. The van der Waals surface area contributed by atoms with Gasteiger partial charge in [-0.25, -0.2) is 4.39 Å². The highest BCUT2D eigenvalue weighted by Crippen LogP contribution is 2.26. The minimum absolute atomic E-state index is 0.0374. The van der Waals surface area contributed by atoms with Crippen molar-refractivity contribution >= 4 is 28.5 Å². The summed E-state index contributed by atoms with van der Waals surface area (Å²) in [5.74, 6) is -2.51. The summed E-state index contributed by atoms with van der Waals surface area (Å²) in [6.07, 6.45) is 1.28. The second-order valence-electron chi connectivity index (χ2n) is 5.50. The highest BCUT2D eigenvalue weighted by Gasteiger charge is 2.28. The summed E-state index contributed by atoms with van der Waals surface area (Å²) >= 11 is 0. The number of aromatic amines is 1. The number of nitrogens with zero attached hydrogens (tertiary/aromatic N) is 1. The Morgan fingerprint density at radius 1 is 1.17 bits per heavy atom. The normalized spacial score (nSPS) is 14.7. The van der Waals surface area contributed by atoms with Crippen molar-refractivity contribution in [2.75, 3.05) is 33.2 Å². The summed E-state index contributed by atoms with van der Waals surface area (Å²) in [4.78, 5) is 41.0. The highest BCUT2D eigenvalue weighted by atomic mass is 19.1.